The summed E-state index contributed by atoms with van der Waals surface area (Å²) in [6.07, 6.45) is 1.96. The van der Waals surface area contributed by atoms with Gasteiger partial charge in [-0.05, 0) is 6.42 Å². The van der Waals surface area contributed by atoms with Crippen molar-refractivity contribution in [3.05, 3.63) is 0 Å². The highest BCUT2D eigenvalue weighted by Gasteiger charge is 2.17. The monoisotopic (exact) mass is 263 g/mol. The smallest absolute Gasteiger partial charge is 0.321 e. The van der Waals surface area contributed by atoms with Crippen LogP contribution in [-0.4, -0.2) is 45.7 Å². The second-order valence-electron chi connectivity index (χ2n) is 3.38. The van der Waals surface area contributed by atoms with E-state index >= 15 is 0 Å². The molecular formula is C10H17NO5S. The number of nitriles is 1. The third-order valence-electron chi connectivity index (χ3n) is 1.76. The second-order valence-corrected chi connectivity index (χ2v) is 5.44. The molecule has 0 aromatic heterocycles. The van der Waals surface area contributed by atoms with Crippen LogP contribution >= 0.6 is 0 Å². The SMILES string of the molecule is CCCCOCCOC(=O)CS(=O)(=O)CC#N. The lowest BCUT2D eigenvalue weighted by Crippen LogP contribution is -2.22. The molecule has 0 aliphatic carbocycles. The molecule has 0 aromatic rings. The number of hydrogen-bond donors (Lipinski definition) is 0. The molecule has 0 aliphatic rings. The highest BCUT2D eigenvalue weighted by Crippen LogP contribution is 1.93. The van der Waals surface area contributed by atoms with Crippen molar-refractivity contribution < 1.29 is 22.7 Å². The van der Waals surface area contributed by atoms with Crippen LogP contribution in [0.15, 0.2) is 0 Å². The van der Waals surface area contributed by atoms with Crippen molar-refractivity contribution in [2.75, 3.05) is 31.3 Å². The third kappa shape index (κ3) is 9.78. The van der Waals surface area contributed by atoms with Crippen molar-refractivity contribution in [1.82, 2.24) is 0 Å². The number of carbonyl (C=O) groups excluding carboxylic acids is 1. The Labute approximate surface area is 101 Å². The van der Waals surface area contributed by atoms with E-state index in [0.29, 0.717) is 6.61 Å². The molecular weight excluding hydrogens is 246 g/mol. The first-order valence-corrected chi connectivity index (χ1v) is 7.14. The molecule has 7 heteroatoms. The summed E-state index contributed by atoms with van der Waals surface area (Å²) in [5.74, 6) is -2.27. The molecule has 0 rings (SSSR count). The van der Waals surface area contributed by atoms with Gasteiger partial charge in [-0.3, -0.25) is 4.79 Å². The molecule has 0 spiro atoms. The lowest BCUT2D eigenvalue weighted by molar-refractivity contribution is -0.142. The molecule has 0 aromatic carbocycles. The second kappa shape index (κ2) is 8.96. The molecule has 98 valence electrons. The van der Waals surface area contributed by atoms with Gasteiger partial charge in [0.25, 0.3) is 0 Å². The number of ether oxygens (including phenoxy) is 2. The van der Waals surface area contributed by atoms with Gasteiger partial charge in [0.15, 0.2) is 9.84 Å². The Morgan fingerprint density at radius 1 is 1.29 bits per heavy atom. The van der Waals surface area contributed by atoms with Crippen LogP contribution < -0.4 is 0 Å². The minimum Gasteiger partial charge on any atom is -0.462 e. The molecule has 6 nitrogen and oxygen atoms in total. The van der Waals surface area contributed by atoms with Gasteiger partial charge in [0, 0.05) is 6.61 Å². The molecule has 0 saturated heterocycles. The van der Waals surface area contributed by atoms with Crippen LogP contribution in [0, 0.1) is 11.3 Å². The van der Waals surface area contributed by atoms with Gasteiger partial charge in [0.1, 0.15) is 18.1 Å². The average molecular weight is 263 g/mol. The zero-order chi connectivity index (χ0) is 13.1. The fourth-order valence-corrected chi connectivity index (χ4v) is 1.67. The van der Waals surface area contributed by atoms with Crippen molar-refractivity contribution in [2.24, 2.45) is 0 Å². The first kappa shape index (κ1) is 15.9. The van der Waals surface area contributed by atoms with Crippen LogP contribution in [0.1, 0.15) is 19.8 Å². The first-order valence-electron chi connectivity index (χ1n) is 5.32. The van der Waals surface area contributed by atoms with Crippen molar-refractivity contribution in [3.8, 4) is 6.07 Å². The molecule has 0 fully saturated rings. The minimum absolute atomic E-state index is 0.0324. The summed E-state index contributed by atoms with van der Waals surface area (Å²) < 4.78 is 31.9. The van der Waals surface area contributed by atoms with Crippen LogP contribution in [0.25, 0.3) is 0 Å². The summed E-state index contributed by atoms with van der Waals surface area (Å²) in [7, 11) is -3.66. The van der Waals surface area contributed by atoms with E-state index in [-0.39, 0.29) is 13.2 Å². The molecule has 0 bridgehead atoms. The third-order valence-corrected chi connectivity index (χ3v) is 3.00. The Hall–Kier alpha value is -1.13. The Morgan fingerprint density at radius 2 is 2.00 bits per heavy atom. The molecule has 0 amide bonds. The molecule has 17 heavy (non-hydrogen) atoms. The maximum absolute atomic E-state index is 11.1. The van der Waals surface area contributed by atoms with Crippen molar-refractivity contribution >= 4 is 15.8 Å². The quantitative estimate of drug-likeness (QED) is 0.438. The van der Waals surface area contributed by atoms with Crippen molar-refractivity contribution in [3.63, 3.8) is 0 Å². The van der Waals surface area contributed by atoms with Crippen LogP contribution in [0.4, 0.5) is 0 Å². The Bertz CT molecular complexity index is 357. The lowest BCUT2D eigenvalue weighted by Gasteiger charge is -2.05. The number of nitrogens with zero attached hydrogens (tertiary/aromatic N) is 1. The molecule has 0 atom stereocenters. The minimum atomic E-state index is -3.66. The maximum atomic E-state index is 11.1. The fraction of sp³-hybridized carbons (Fsp3) is 0.800. The van der Waals surface area contributed by atoms with E-state index in [1.807, 2.05) is 6.92 Å². The van der Waals surface area contributed by atoms with E-state index in [0.717, 1.165) is 12.8 Å². The van der Waals surface area contributed by atoms with Crippen LogP contribution in [0.3, 0.4) is 0 Å². The highest BCUT2D eigenvalue weighted by molar-refractivity contribution is 7.92. The number of sulfone groups is 1. The van der Waals surface area contributed by atoms with Crippen molar-refractivity contribution in [2.45, 2.75) is 19.8 Å². The number of esters is 1. The van der Waals surface area contributed by atoms with Gasteiger partial charge in [-0.25, -0.2) is 8.42 Å². The zero-order valence-corrected chi connectivity index (χ0v) is 10.7. The summed E-state index contributed by atoms with van der Waals surface area (Å²) in [6, 6.07) is 1.48. The summed E-state index contributed by atoms with van der Waals surface area (Å²) in [5.41, 5.74) is 0. The van der Waals surface area contributed by atoms with Gasteiger partial charge in [0.05, 0.1) is 12.7 Å². The van der Waals surface area contributed by atoms with E-state index in [2.05, 4.69) is 4.74 Å². The van der Waals surface area contributed by atoms with Gasteiger partial charge in [0.2, 0.25) is 0 Å². The summed E-state index contributed by atoms with van der Waals surface area (Å²) in [6.45, 7) is 2.92. The maximum Gasteiger partial charge on any atom is 0.321 e. The Balaban J connectivity index is 3.64. The van der Waals surface area contributed by atoms with E-state index in [4.69, 9.17) is 10.00 Å². The topological polar surface area (TPSA) is 93.5 Å². The summed E-state index contributed by atoms with van der Waals surface area (Å²) in [4.78, 5) is 11.1. The number of rotatable bonds is 9. The average Bonchev–Trinajstić information content (AvgIpc) is 2.22. The number of unbranched alkanes of at least 4 members (excludes halogenated alkanes) is 1. The predicted molar refractivity (Wildman–Crippen MR) is 61.0 cm³/mol. The predicted octanol–water partition coefficient (Wildman–Crippen LogP) is 0.285. The van der Waals surface area contributed by atoms with E-state index in [9.17, 15) is 13.2 Å². The van der Waals surface area contributed by atoms with Crippen LogP contribution in [-0.2, 0) is 24.1 Å². The number of hydrogen-bond acceptors (Lipinski definition) is 6. The molecule has 0 heterocycles. The molecule has 0 aliphatic heterocycles. The number of carbonyl (C=O) groups is 1. The highest BCUT2D eigenvalue weighted by atomic mass is 32.2. The largest absolute Gasteiger partial charge is 0.462 e. The fourth-order valence-electron chi connectivity index (χ4n) is 0.933. The first-order chi connectivity index (χ1) is 8.02. The van der Waals surface area contributed by atoms with Crippen LogP contribution in [0.5, 0.6) is 0 Å². The Kier molecular flexibility index (Phi) is 8.36. The molecule has 0 saturated carbocycles. The van der Waals surface area contributed by atoms with E-state index < -0.39 is 27.3 Å². The van der Waals surface area contributed by atoms with Gasteiger partial charge in [-0.2, -0.15) is 5.26 Å². The van der Waals surface area contributed by atoms with Gasteiger partial charge >= 0.3 is 5.97 Å². The Morgan fingerprint density at radius 3 is 2.59 bits per heavy atom. The summed E-state index contributed by atoms with van der Waals surface area (Å²) >= 11 is 0. The lowest BCUT2D eigenvalue weighted by atomic mass is 10.4. The summed E-state index contributed by atoms with van der Waals surface area (Å²) in [5, 5.41) is 8.21. The zero-order valence-electron chi connectivity index (χ0n) is 9.85. The normalized spacial score (nSPS) is 10.8. The van der Waals surface area contributed by atoms with E-state index in [1.54, 1.807) is 0 Å². The van der Waals surface area contributed by atoms with Crippen molar-refractivity contribution in [1.29, 1.82) is 5.26 Å². The molecule has 0 N–H and O–H groups in total. The van der Waals surface area contributed by atoms with Crippen LogP contribution in [0.2, 0.25) is 0 Å². The molecule has 0 unspecified atom stereocenters. The molecule has 0 radical (unpaired) electrons. The standard InChI is InChI=1S/C10H17NO5S/c1-2-3-5-15-6-7-16-10(12)9-17(13,14)8-4-11/h2-3,5-9H2,1H3. The van der Waals surface area contributed by atoms with Gasteiger partial charge in [-0.15, -0.1) is 0 Å². The van der Waals surface area contributed by atoms with Gasteiger partial charge < -0.3 is 9.47 Å². The van der Waals surface area contributed by atoms with Gasteiger partial charge in [-0.1, -0.05) is 13.3 Å². The van der Waals surface area contributed by atoms with E-state index in [1.165, 1.54) is 6.07 Å².